The number of pyridine rings is 1. The van der Waals surface area contributed by atoms with Crippen molar-refractivity contribution in [3.63, 3.8) is 0 Å². The summed E-state index contributed by atoms with van der Waals surface area (Å²) in [5.74, 6) is 1.11. The minimum atomic E-state index is -0.289. The molecule has 1 saturated carbocycles. The Morgan fingerprint density at radius 2 is 2.06 bits per heavy atom. The fourth-order valence-corrected chi connectivity index (χ4v) is 3.73. The first-order chi connectivity index (χ1) is 16.1. The van der Waals surface area contributed by atoms with Gasteiger partial charge in [0.25, 0.3) is 0 Å². The molecule has 1 atom stereocenters. The lowest BCUT2D eigenvalue weighted by atomic mass is 10.00. The first kappa shape index (κ1) is 21.3. The third kappa shape index (κ3) is 4.78. The van der Waals surface area contributed by atoms with E-state index in [9.17, 15) is 4.39 Å². The van der Waals surface area contributed by atoms with Crippen LogP contribution in [0.5, 0.6) is 5.75 Å². The lowest BCUT2D eigenvalue weighted by molar-refractivity contribution is 0.271. The first-order valence-electron chi connectivity index (χ1n) is 11.1. The largest absolute Gasteiger partial charge is 0.490 e. The number of halogens is 1. The predicted octanol–water partition coefficient (Wildman–Crippen LogP) is 3.78. The predicted molar refractivity (Wildman–Crippen MR) is 123 cm³/mol. The average molecular weight is 449 g/mol. The molecule has 0 saturated heterocycles. The van der Waals surface area contributed by atoms with Crippen molar-refractivity contribution < 1.29 is 14.2 Å². The summed E-state index contributed by atoms with van der Waals surface area (Å²) < 4.78 is 21.3. The summed E-state index contributed by atoms with van der Waals surface area (Å²) in [6.07, 6.45) is 7.24. The molecule has 1 fully saturated rings. The minimum absolute atomic E-state index is 0.00565. The van der Waals surface area contributed by atoms with E-state index in [1.165, 1.54) is 18.5 Å². The molecule has 4 aromatic rings. The van der Waals surface area contributed by atoms with E-state index in [1.807, 2.05) is 12.1 Å². The van der Waals surface area contributed by atoms with Crippen LogP contribution in [0, 0.1) is 5.82 Å². The van der Waals surface area contributed by atoms with E-state index in [2.05, 4.69) is 32.3 Å². The number of aliphatic hydroxyl groups is 1. The van der Waals surface area contributed by atoms with Crippen LogP contribution in [0.1, 0.15) is 31.2 Å². The Bertz CT molecular complexity index is 1270. The van der Waals surface area contributed by atoms with Gasteiger partial charge >= 0.3 is 0 Å². The molecule has 170 valence electrons. The zero-order chi connectivity index (χ0) is 22.8. The second kappa shape index (κ2) is 9.11. The van der Waals surface area contributed by atoms with Crippen LogP contribution >= 0.6 is 0 Å². The maximum atomic E-state index is 13.7. The van der Waals surface area contributed by atoms with Gasteiger partial charge in [-0.1, -0.05) is 13.0 Å². The summed E-state index contributed by atoms with van der Waals surface area (Å²) in [7, 11) is 0. The number of ether oxygens (including phenoxy) is 1. The summed E-state index contributed by atoms with van der Waals surface area (Å²) in [4.78, 5) is 13.2. The molecule has 33 heavy (non-hydrogen) atoms. The molecule has 2 N–H and O–H groups in total. The van der Waals surface area contributed by atoms with Gasteiger partial charge in [0.1, 0.15) is 23.7 Å². The van der Waals surface area contributed by atoms with Crippen LogP contribution in [0.25, 0.3) is 22.3 Å². The summed E-state index contributed by atoms with van der Waals surface area (Å²) in [5.41, 5.74) is 3.28. The number of fused-ring (bicyclic) bond motifs is 1. The van der Waals surface area contributed by atoms with Gasteiger partial charge in [-0.15, -0.1) is 0 Å². The number of aromatic nitrogens is 5. The van der Waals surface area contributed by atoms with Crippen LogP contribution < -0.4 is 10.1 Å². The number of hydrogen-bond donors (Lipinski definition) is 2. The zero-order valence-corrected chi connectivity index (χ0v) is 18.3. The molecule has 1 aromatic carbocycles. The summed E-state index contributed by atoms with van der Waals surface area (Å²) in [6.45, 7) is 3.08. The van der Waals surface area contributed by atoms with Crippen molar-refractivity contribution in [3.8, 4) is 17.0 Å². The number of nitrogens with one attached hydrogen (secondary N) is 1. The highest BCUT2D eigenvalue weighted by molar-refractivity contribution is 5.80. The van der Waals surface area contributed by atoms with Crippen LogP contribution in [0.4, 0.5) is 10.2 Å². The van der Waals surface area contributed by atoms with Crippen LogP contribution in [0.15, 0.2) is 49.1 Å². The molecule has 3 heterocycles. The fourth-order valence-electron chi connectivity index (χ4n) is 3.73. The number of hydrogen-bond acceptors (Lipinski definition) is 7. The quantitative estimate of drug-likeness (QED) is 0.402. The Morgan fingerprint density at radius 3 is 2.88 bits per heavy atom. The highest BCUT2D eigenvalue weighted by Crippen LogP contribution is 2.33. The van der Waals surface area contributed by atoms with Gasteiger partial charge in [0.15, 0.2) is 5.65 Å². The Kier molecular flexibility index (Phi) is 5.87. The molecule has 9 heteroatoms. The third-order valence-electron chi connectivity index (χ3n) is 5.66. The SMILES string of the molecule is CC(CNc1cc(-c2cnc3c(cnn3CCO)c2)ncn1)c1ccc(F)cc1OC1CC1. The second-order valence-electron chi connectivity index (χ2n) is 8.30. The lowest BCUT2D eigenvalue weighted by Gasteiger charge is -2.18. The van der Waals surface area contributed by atoms with Gasteiger partial charge in [0.05, 0.1) is 31.1 Å². The molecule has 8 nitrogen and oxygen atoms in total. The first-order valence-corrected chi connectivity index (χ1v) is 11.1. The van der Waals surface area contributed by atoms with Crippen molar-refractivity contribution in [2.45, 2.75) is 38.3 Å². The molecule has 1 aliphatic carbocycles. The third-order valence-corrected chi connectivity index (χ3v) is 5.66. The maximum Gasteiger partial charge on any atom is 0.157 e. The molecule has 0 bridgehead atoms. The van der Waals surface area contributed by atoms with E-state index >= 15 is 0 Å². The van der Waals surface area contributed by atoms with Crippen LogP contribution in [0.2, 0.25) is 0 Å². The van der Waals surface area contributed by atoms with Crippen molar-refractivity contribution in [1.29, 1.82) is 0 Å². The zero-order valence-electron chi connectivity index (χ0n) is 18.3. The number of anilines is 1. The molecule has 0 radical (unpaired) electrons. The molecular formula is C24H25FN6O2. The van der Waals surface area contributed by atoms with Crippen LogP contribution in [0.3, 0.4) is 0 Å². The van der Waals surface area contributed by atoms with Gasteiger partial charge in [-0.3, -0.25) is 0 Å². The molecule has 0 spiro atoms. The fraction of sp³-hybridized carbons (Fsp3) is 0.333. The molecule has 1 unspecified atom stereocenters. The van der Waals surface area contributed by atoms with Crippen LogP contribution in [-0.2, 0) is 6.54 Å². The molecule has 0 aliphatic heterocycles. The molecular weight excluding hydrogens is 423 g/mol. The monoisotopic (exact) mass is 448 g/mol. The smallest absolute Gasteiger partial charge is 0.157 e. The average Bonchev–Trinajstić information content (AvgIpc) is 3.56. The summed E-state index contributed by atoms with van der Waals surface area (Å²) in [5, 5.41) is 17.7. The van der Waals surface area contributed by atoms with Crippen LogP contribution in [-0.4, -0.2) is 49.1 Å². The summed E-state index contributed by atoms with van der Waals surface area (Å²) >= 11 is 0. The summed E-state index contributed by atoms with van der Waals surface area (Å²) in [6, 6.07) is 8.58. The van der Waals surface area contributed by atoms with Crippen molar-refractivity contribution in [3.05, 3.63) is 60.4 Å². The number of aliphatic hydroxyl groups excluding tert-OH is 1. The van der Waals surface area contributed by atoms with Crippen molar-refractivity contribution in [2.24, 2.45) is 0 Å². The Morgan fingerprint density at radius 1 is 1.18 bits per heavy atom. The Balaban J connectivity index is 1.30. The number of benzene rings is 1. The molecule has 5 rings (SSSR count). The maximum absolute atomic E-state index is 13.7. The van der Waals surface area contributed by atoms with E-state index in [4.69, 9.17) is 9.84 Å². The van der Waals surface area contributed by atoms with E-state index < -0.39 is 0 Å². The van der Waals surface area contributed by atoms with Gasteiger partial charge in [-0.25, -0.2) is 24.0 Å². The van der Waals surface area contributed by atoms with Gasteiger partial charge in [-0.05, 0) is 30.5 Å². The minimum Gasteiger partial charge on any atom is -0.490 e. The van der Waals surface area contributed by atoms with E-state index in [-0.39, 0.29) is 24.4 Å². The Labute approximate surface area is 190 Å². The standard InChI is InChI=1S/C24H25FN6O2/c1-15(20-5-2-18(25)9-22(20)33-19-3-4-19)11-26-23-10-21(28-14-29-23)16-8-17-13-30-31(6-7-32)24(17)27-12-16/h2,5,8-10,12-15,19,32H,3-4,6-7,11H2,1H3,(H,26,28,29). The van der Waals surface area contributed by atoms with E-state index in [0.717, 1.165) is 40.7 Å². The van der Waals surface area contributed by atoms with E-state index in [0.29, 0.717) is 24.7 Å². The number of rotatable bonds is 9. The van der Waals surface area contributed by atoms with Gasteiger partial charge in [0, 0.05) is 41.7 Å². The molecule has 1 aliphatic rings. The van der Waals surface area contributed by atoms with Gasteiger partial charge in [0.2, 0.25) is 0 Å². The highest BCUT2D eigenvalue weighted by atomic mass is 19.1. The molecule has 3 aromatic heterocycles. The van der Waals surface area contributed by atoms with Crippen molar-refractivity contribution >= 4 is 16.9 Å². The van der Waals surface area contributed by atoms with E-state index in [1.54, 1.807) is 23.1 Å². The molecule has 0 amide bonds. The van der Waals surface area contributed by atoms with Crippen molar-refractivity contribution in [2.75, 3.05) is 18.5 Å². The Hall–Kier alpha value is -3.59. The van der Waals surface area contributed by atoms with Gasteiger partial charge < -0.3 is 15.2 Å². The van der Waals surface area contributed by atoms with Gasteiger partial charge in [-0.2, -0.15) is 5.10 Å². The second-order valence-corrected chi connectivity index (χ2v) is 8.30. The van der Waals surface area contributed by atoms with Crippen molar-refractivity contribution in [1.82, 2.24) is 24.7 Å². The topological polar surface area (TPSA) is 98.0 Å². The normalized spacial score (nSPS) is 14.4. The number of nitrogens with zero attached hydrogens (tertiary/aromatic N) is 5. The lowest BCUT2D eigenvalue weighted by Crippen LogP contribution is -2.13. The highest BCUT2D eigenvalue weighted by Gasteiger charge is 2.25.